The van der Waals surface area contributed by atoms with Crippen molar-refractivity contribution < 1.29 is 13.9 Å². The third kappa shape index (κ3) is 2.69. The average molecular weight is 273 g/mol. The molecule has 0 bridgehead atoms. The third-order valence-electron chi connectivity index (χ3n) is 3.02. The minimum atomic E-state index is -0.426. The molecule has 4 heteroatoms. The highest BCUT2D eigenvalue weighted by atomic mass is 16.5. The van der Waals surface area contributed by atoms with E-state index in [1.165, 1.54) is 0 Å². The van der Waals surface area contributed by atoms with E-state index in [9.17, 15) is 4.79 Å². The van der Waals surface area contributed by atoms with Gasteiger partial charge in [-0.25, -0.2) is 4.79 Å². The van der Waals surface area contributed by atoms with Gasteiger partial charge in [-0.3, -0.25) is 0 Å². The minimum absolute atomic E-state index is 0.200. The number of aryl methyl sites for hydroxylation is 2. The number of esters is 1. The molecule has 2 aromatic rings. The highest BCUT2D eigenvalue weighted by Crippen LogP contribution is 2.32. The quantitative estimate of drug-likeness (QED) is 0.684. The fourth-order valence-corrected chi connectivity index (χ4v) is 2.00. The number of carbonyl (C=O) groups is 1. The maximum atomic E-state index is 12.3. The summed E-state index contributed by atoms with van der Waals surface area (Å²) in [5, 5.41) is 0. The summed E-state index contributed by atoms with van der Waals surface area (Å²) in [5.74, 6) is 0.970. The van der Waals surface area contributed by atoms with Crippen molar-refractivity contribution in [1.29, 1.82) is 0 Å². The van der Waals surface area contributed by atoms with Crippen molar-refractivity contribution in [2.24, 2.45) is 0 Å². The first-order valence-corrected chi connectivity index (χ1v) is 6.57. The van der Waals surface area contributed by atoms with Gasteiger partial charge in [0.1, 0.15) is 11.5 Å². The molecule has 0 unspecified atom stereocenters. The second-order valence-corrected chi connectivity index (χ2v) is 5.08. The lowest BCUT2D eigenvalue weighted by Gasteiger charge is -2.14. The van der Waals surface area contributed by atoms with Gasteiger partial charge in [-0.05, 0) is 51.5 Å². The van der Waals surface area contributed by atoms with E-state index in [2.05, 4.69) is 0 Å². The van der Waals surface area contributed by atoms with Crippen LogP contribution in [0.15, 0.2) is 28.7 Å². The molecule has 0 amide bonds. The molecule has 0 atom stereocenters. The van der Waals surface area contributed by atoms with Crippen LogP contribution in [0.2, 0.25) is 0 Å². The van der Waals surface area contributed by atoms with Crippen LogP contribution >= 0.6 is 0 Å². The van der Waals surface area contributed by atoms with E-state index in [4.69, 9.17) is 14.9 Å². The maximum Gasteiger partial charge on any atom is 0.341 e. The van der Waals surface area contributed by atoms with Crippen molar-refractivity contribution in [1.82, 2.24) is 0 Å². The Bertz CT molecular complexity index is 641. The van der Waals surface area contributed by atoms with Crippen LogP contribution in [0.1, 0.15) is 35.5 Å². The van der Waals surface area contributed by atoms with E-state index in [1.54, 1.807) is 13.8 Å². The van der Waals surface area contributed by atoms with Gasteiger partial charge in [-0.15, -0.1) is 0 Å². The molecular formula is C16H19NO3. The number of anilines is 1. The van der Waals surface area contributed by atoms with E-state index in [1.807, 2.05) is 38.1 Å². The Morgan fingerprint density at radius 2 is 1.90 bits per heavy atom. The number of nitrogens with two attached hydrogens (primary N) is 1. The molecule has 0 aliphatic carbocycles. The molecule has 0 aliphatic rings. The number of hydrogen-bond donors (Lipinski definition) is 1. The molecule has 1 heterocycles. The molecule has 106 valence electrons. The van der Waals surface area contributed by atoms with Gasteiger partial charge < -0.3 is 14.9 Å². The van der Waals surface area contributed by atoms with Crippen LogP contribution in [0.3, 0.4) is 0 Å². The molecule has 1 aromatic carbocycles. The largest absolute Gasteiger partial charge is 0.461 e. The lowest BCUT2D eigenvalue weighted by molar-refractivity contribution is 0.0380. The monoisotopic (exact) mass is 273 g/mol. The van der Waals surface area contributed by atoms with Crippen LogP contribution in [-0.2, 0) is 4.74 Å². The van der Waals surface area contributed by atoms with Crippen LogP contribution in [0.4, 0.5) is 5.69 Å². The fraction of sp³-hybridized carbons (Fsp3) is 0.312. The van der Waals surface area contributed by atoms with E-state index < -0.39 is 5.97 Å². The normalized spacial score (nSPS) is 10.8. The van der Waals surface area contributed by atoms with Crippen molar-refractivity contribution in [3.05, 3.63) is 41.2 Å². The zero-order chi connectivity index (χ0) is 14.9. The number of nitrogen functional groups attached to an aromatic ring is 1. The summed E-state index contributed by atoms with van der Waals surface area (Å²) in [7, 11) is 0. The summed E-state index contributed by atoms with van der Waals surface area (Å²) in [6, 6.07) is 7.38. The molecule has 0 saturated carbocycles. The third-order valence-corrected chi connectivity index (χ3v) is 3.02. The van der Waals surface area contributed by atoms with Gasteiger partial charge >= 0.3 is 5.97 Å². The van der Waals surface area contributed by atoms with Crippen molar-refractivity contribution in [3.8, 4) is 11.3 Å². The number of ether oxygens (including phenoxy) is 1. The van der Waals surface area contributed by atoms with Crippen molar-refractivity contribution in [2.45, 2.75) is 33.8 Å². The lowest BCUT2D eigenvalue weighted by Crippen LogP contribution is -2.15. The zero-order valence-electron chi connectivity index (χ0n) is 12.2. The fourth-order valence-electron chi connectivity index (χ4n) is 2.00. The predicted molar refractivity (Wildman–Crippen MR) is 78.6 cm³/mol. The Kier molecular flexibility index (Phi) is 3.84. The first kappa shape index (κ1) is 14.2. The number of benzene rings is 1. The second kappa shape index (κ2) is 5.41. The predicted octanol–water partition coefficient (Wildman–Crippen LogP) is 3.71. The minimum Gasteiger partial charge on any atom is -0.461 e. The molecule has 20 heavy (non-hydrogen) atoms. The van der Waals surface area contributed by atoms with Gasteiger partial charge in [-0.1, -0.05) is 6.07 Å². The molecule has 0 spiro atoms. The number of hydrogen-bond acceptors (Lipinski definition) is 4. The molecular weight excluding hydrogens is 254 g/mol. The van der Waals surface area contributed by atoms with Crippen molar-refractivity contribution in [2.75, 3.05) is 5.73 Å². The van der Waals surface area contributed by atoms with Gasteiger partial charge in [0, 0.05) is 11.3 Å². The Balaban J connectivity index is 2.57. The molecule has 2 N–H and O–H groups in total. The Morgan fingerprint density at radius 1 is 1.20 bits per heavy atom. The molecule has 1 aromatic heterocycles. The zero-order valence-corrected chi connectivity index (χ0v) is 12.2. The molecule has 4 nitrogen and oxygen atoms in total. The summed E-state index contributed by atoms with van der Waals surface area (Å²) < 4.78 is 10.9. The van der Waals surface area contributed by atoms with Crippen LogP contribution in [0.5, 0.6) is 0 Å². The SMILES string of the molecule is Cc1ccc(-c2ccc(C)c(N)c2C(=O)OC(C)C)o1. The van der Waals surface area contributed by atoms with E-state index in [0.717, 1.165) is 11.3 Å². The van der Waals surface area contributed by atoms with Crippen LogP contribution in [-0.4, -0.2) is 12.1 Å². The second-order valence-electron chi connectivity index (χ2n) is 5.08. The smallest absolute Gasteiger partial charge is 0.341 e. The Labute approximate surface area is 118 Å². The average Bonchev–Trinajstić information content (AvgIpc) is 2.78. The summed E-state index contributed by atoms with van der Waals surface area (Å²) in [6.07, 6.45) is -0.200. The Hall–Kier alpha value is -2.23. The van der Waals surface area contributed by atoms with Crippen LogP contribution in [0.25, 0.3) is 11.3 Å². The van der Waals surface area contributed by atoms with Crippen molar-refractivity contribution >= 4 is 11.7 Å². The van der Waals surface area contributed by atoms with Gasteiger partial charge in [-0.2, -0.15) is 0 Å². The molecule has 0 radical (unpaired) electrons. The highest BCUT2D eigenvalue weighted by Gasteiger charge is 2.21. The summed E-state index contributed by atoms with van der Waals surface area (Å²) in [4.78, 5) is 12.3. The standard InChI is InChI=1S/C16H19NO3/c1-9(2)19-16(18)14-12(7-5-10(3)15(14)17)13-8-6-11(4)20-13/h5-9H,17H2,1-4H3. The summed E-state index contributed by atoms with van der Waals surface area (Å²) in [6.45, 7) is 7.33. The van der Waals surface area contributed by atoms with Crippen molar-refractivity contribution in [3.63, 3.8) is 0 Å². The first-order valence-electron chi connectivity index (χ1n) is 6.57. The van der Waals surface area contributed by atoms with Gasteiger partial charge in [0.25, 0.3) is 0 Å². The van der Waals surface area contributed by atoms with E-state index in [0.29, 0.717) is 22.6 Å². The van der Waals surface area contributed by atoms with E-state index in [-0.39, 0.29) is 6.10 Å². The lowest BCUT2D eigenvalue weighted by atomic mass is 10.00. The Morgan fingerprint density at radius 3 is 2.45 bits per heavy atom. The molecule has 0 fully saturated rings. The molecule has 0 aliphatic heterocycles. The first-order chi connectivity index (χ1) is 9.40. The maximum absolute atomic E-state index is 12.3. The molecule has 2 rings (SSSR count). The van der Waals surface area contributed by atoms with Gasteiger partial charge in [0.05, 0.1) is 11.7 Å². The van der Waals surface area contributed by atoms with Crippen LogP contribution in [0, 0.1) is 13.8 Å². The van der Waals surface area contributed by atoms with Gasteiger partial charge in [0.15, 0.2) is 0 Å². The number of carbonyl (C=O) groups excluding carboxylic acids is 1. The van der Waals surface area contributed by atoms with Gasteiger partial charge in [0.2, 0.25) is 0 Å². The summed E-state index contributed by atoms with van der Waals surface area (Å²) in [5.41, 5.74) is 8.36. The summed E-state index contributed by atoms with van der Waals surface area (Å²) >= 11 is 0. The number of furan rings is 1. The number of rotatable bonds is 3. The topological polar surface area (TPSA) is 65.5 Å². The molecule has 0 saturated heterocycles. The van der Waals surface area contributed by atoms with E-state index >= 15 is 0 Å². The highest BCUT2D eigenvalue weighted by molar-refractivity contribution is 6.02. The van der Waals surface area contributed by atoms with Crippen LogP contribution < -0.4 is 5.73 Å².